The highest BCUT2D eigenvalue weighted by atomic mass is 32.1. The van der Waals surface area contributed by atoms with Gasteiger partial charge in [-0.1, -0.05) is 6.92 Å². The average Bonchev–Trinajstić information content (AvgIpc) is 2.44. The van der Waals surface area contributed by atoms with Crippen molar-refractivity contribution in [2.75, 3.05) is 0 Å². The molecule has 0 aliphatic heterocycles. The number of aromatic amines is 1. The molecule has 0 radical (unpaired) electrons. The molecule has 0 spiro atoms. The lowest BCUT2D eigenvalue weighted by molar-refractivity contribution is 0.402. The monoisotopic (exact) mass is 290 g/mol. The van der Waals surface area contributed by atoms with Crippen LogP contribution in [0.15, 0.2) is 34.3 Å². The van der Waals surface area contributed by atoms with E-state index in [1.807, 2.05) is 6.92 Å². The Morgan fingerprint density at radius 3 is 3.05 bits per heavy atom. The average molecular weight is 290 g/mol. The number of nitrogens with zero attached hydrogens (tertiary/aromatic N) is 3. The second kappa shape index (κ2) is 6.25. The molecule has 0 fully saturated rings. The van der Waals surface area contributed by atoms with Crippen molar-refractivity contribution in [1.82, 2.24) is 14.5 Å². The van der Waals surface area contributed by atoms with Crippen LogP contribution in [0.3, 0.4) is 0 Å². The van der Waals surface area contributed by atoms with Crippen molar-refractivity contribution in [3.05, 3.63) is 45.2 Å². The fourth-order valence-corrected chi connectivity index (χ4v) is 1.96. The zero-order valence-corrected chi connectivity index (χ0v) is 11.7. The van der Waals surface area contributed by atoms with E-state index in [2.05, 4.69) is 15.0 Å². The van der Waals surface area contributed by atoms with Gasteiger partial charge in [-0.25, -0.2) is 0 Å². The van der Waals surface area contributed by atoms with Crippen LogP contribution in [0.25, 0.3) is 0 Å². The van der Waals surface area contributed by atoms with E-state index in [0.29, 0.717) is 12.2 Å². The van der Waals surface area contributed by atoms with Crippen LogP contribution in [0.1, 0.15) is 18.9 Å². The first-order valence-corrected chi connectivity index (χ1v) is 6.54. The summed E-state index contributed by atoms with van der Waals surface area (Å²) in [5.74, 6) is -0.173. The van der Waals surface area contributed by atoms with E-state index in [9.17, 15) is 9.90 Å². The first kappa shape index (κ1) is 14.1. The van der Waals surface area contributed by atoms with E-state index < -0.39 is 5.56 Å². The van der Waals surface area contributed by atoms with E-state index in [-0.39, 0.29) is 16.2 Å². The summed E-state index contributed by atoms with van der Waals surface area (Å²) >= 11 is 5.02. The van der Waals surface area contributed by atoms with Crippen molar-refractivity contribution in [2.24, 2.45) is 4.99 Å². The number of aromatic hydroxyl groups is 1. The number of aliphatic imine (C=N–C) groups is 1. The third-order valence-corrected chi connectivity index (χ3v) is 2.97. The summed E-state index contributed by atoms with van der Waals surface area (Å²) in [5.41, 5.74) is 0.208. The molecule has 0 aliphatic carbocycles. The molecule has 0 saturated carbocycles. The molecule has 20 heavy (non-hydrogen) atoms. The van der Waals surface area contributed by atoms with Gasteiger partial charge in [0.25, 0.3) is 5.56 Å². The van der Waals surface area contributed by atoms with Crippen molar-refractivity contribution >= 4 is 24.1 Å². The standard InChI is InChI=1S/C13H14N4O2S/c1-2-6-17-12(19)10(11(18)16-13(17)20)8-15-9-4-3-5-14-7-9/h3-5,7-8,19H,2,6H2,1H3,(H,16,18,20). The summed E-state index contributed by atoms with van der Waals surface area (Å²) < 4.78 is 1.68. The van der Waals surface area contributed by atoms with E-state index in [1.54, 1.807) is 24.5 Å². The quantitative estimate of drug-likeness (QED) is 0.667. The number of nitrogens with one attached hydrogen (secondary N) is 1. The maximum Gasteiger partial charge on any atom is 0.264 e. The summed E-state index contributed by atoms with van der Waals surface area (Å²) in [6.45, 7) is 2.48. The van der Waals surface area contributed by atoms with Gasteiger partial charge < -0.3 is 5.11 Å². The Morgan fingerprint density at radius 1 is 1.60 bits per heavy atom. The summed E-state index contributed by atoms with van der Waals surface area (Å²) in [6.07, 6.45) is 5.28. The molecule has 2 aromatic heterocycles. The fraction of sp³-hybridized carbons (Fsp3) is 0.231. The second-order valence-electron chi connectivity index (χ2n) is 4.12. The van der Waals surface area contributed by atoms with Crippen LogP contribution in [0.4, 0.5) is 5.69 Å². The Kier molecular flexibility index (Phi) is 4.41. The van der Waals surface area contributed by atoms with Crippen LogP contribution in [0.5, 0.6) is 5.88 Å². The van der Waals surface area contributed by atoms with Gasteiger partial charge in [0.15, 0.2) is 4.77 Å². The van der Waals surface area contributed by atoms with E-state index in [0.717, 1.165) is 6.42 Å². The molecule has 2 aromatic rings. The molecular weight excluding hydrogens is 276 g/mol. The Labute approximate surface area is 120 Å². The first-order chi connectivity index (χ1) is 9.63. The third-order valence-electron chi connectivity index (χ3n) is 2.64. The lowest BCUT2D eigenvalue weighted by atomic mass is 10.3. The van der Waals surface area contributed by atoms with E-state index in [1.165, 1.54) is 10.8 Å². The van der Waals surface area contributed by atoms with Crippen LogP contribution in [-0.2, 0) is 6.54 Å². The zero-order valence-electron chi connectivity index (χ0n) is 10.9. The lowest BCUT2D eigenvalue weighted by Gasteiger charge is -2.09. The summed E-state index contributed by atoms with van der Waals surface area (Å²) in [7, 11) is 0. The number of hydrogen-bond donors (Lipinski definition) is 2. The molecular formula is C13H14N4O2S. The molecule has 0 atom stereocenters. The van der Waals surface area contributed by atoms with Crippen LogP contribution in [-0.4, -0.2) is 25.9 Å². The fourth-order valence-electron chi connectivity index (χ4n) is 1.69. The summed E-state index contributed by atoms with van der Waals surface area (Å²) in [4.78, 5) is 22.4. The minimum Gasteiger partial charge on any atom is -0.494 e. The van der Waals surface area contributed by atoms with Gasteiger partial charge in [-0.15, -0.1) is 0 Å². The van der Waals surface area contributed by atoms with Crippen molar-refractivity contribution in [1.29, 1.82) is 0 Å². The largest absolute Gasteiger partial charge is 0.494 e. The van der Waals surface area contributed by atoms with Gasteiger partial charge >= 0.3 is 0 Å². The number of H-pyrrole nitrogens is 1. The topological polar surface area (TPSA) is 83.3 Å². The molecule has 2 heterocycles. The summed E-state index contributed by atoms with van der Waals surface area (Å²) in [5, 5.41) is 10.1. The summed E-state index contributed by atoms with van der Waals surface area (Å²) in [6, 6.07) is 3.48. The van der Waals surface area contributed by atoms with Crippen molar-refractivity contribution in [3.63, 3.8) is 0 Å². The Hall–Kier alpha value is -2.28. The van der Waals surface area contributed by atoms with E-state index in [4.69, 9.17) is 12.2 Å². The predicted molar refractivity (Wildman–Crippen MR) is 79.3 cm³/mol. The number of aromatic nitrogens is 3. The highest BCUT2D eigenvalue weighted by molar-refractivity contribution is 7.71. The maximum atomic E-state index is 11.8. The predicted octanol–water partition coefficient (Wildman–Crippen LogP) is 2.17. The SMILES string of the molecule is CCCn1c(O)c(C=Nc2cccnc2)c(=O)[nH]c1=S. The van der Waals surface area contributed by atoms with Crippen LogP contribution < -0.4 is 5.56 Å². The molecule has 0 bridgehead atoms. The maximum absolute atomic E-state index is 11.8. The minimum atomic E-state index is -0.465. The van der Waals surface area contributed by atoms with Crippen LogP contribution >= 0.6 is 12.2 Å². The molecule has 0 unspecified atom stereocenters. The molecule has 7 heteroatoms. The van der Waals surface area contributed by atoms with Gasteiger partial charge in [-0.05, 0) is 30.8 Å². The van der Waals surface area contributed by atoms with Crippen molar-refractivity contribution in [3.8, 4) is 5.88 Å². The second-order valence-corrected chi connectivity index (χ2v) is 4.50. The molecule has 0 amide bonds. The zero-order chi connectivity index (χ0) is 14.5. The Bertz CT molecular complexity index is 734. The molecule has 2 N–H and O–H groups in total. The van der Waals surface area contributed by atoms with Crippen molar-refractivity contribution in [2.45, 2.75) is 19.9 Å². The Balaban J connectivity index is 2.47. The van der Waals surface area contributed by atoms with Gasteiger partial charge in [-0.2, -0.15) is 0 Å². The molecule has 0 aliphatic rings. The third kappa shape index (κ3) is 3.00. The number of rotatable bonds is 4. The molecule has 0 aromatic carbocycles. The van der Waals surface area contributed by atoms with Crippen molar-refractivity contribution < 1.29 is 5.11 Å². The van der Waals surface area contributed by atoms with Crippen LogP contribution in [0, 0.1) is 4.77 Å². The molecule has 104 valence electrons. The molecule has 0 saturated heterocycles. The smallest absolute Gasteiger partial charge is 0.264 e. The van der Waals surface area contributed by atoms with Gasteiger partial charge in [0.1, 0.15) is 5.56 Å². The normalized spacial score (nSPS) is 11.1. The van der Waals surface area contributed by atoms with Gasteiger partial charge in [0.2, 0.25) is 5.88 Å². The number of pyridine rings is 1. The highest BCUT2D eigenvalue weighted by Crippen LogP contribution is 2.14. The van der Waals surface area contributed by atoms with Gasteiger partial charge in [0, 0.05) is 19.0 Å². The van der Waals surface area contributed by atoms with Gasteiger partial charge in [-0.3, -0.25) is 24.3 Å². The first-order valence-electron chi connectivity index (χ1n) is 6.13. The highest BCUT2D eigenvalue weighted by Gasteiger charge is 2.10. The Morgan fingerprint density at radius 2 is 2.40 bits per heavy atom. The van der Waals surface area contributed by atoms with E-state index >= 15 is 0 Å². The minimum absolute atomic E-state index is 0.0795. The van der Waals surface area contributed by atoms with Crippen LogP contribution in [0.2, 0.25) is 0 Å². The molecule has 6 nitrogen and oxygen atoms in total. The van der Waals surface area contributed by atoms with Gasteiger partial charge in [0.05, 0.1) is 11.9 Å². The lowest BCUT2D eigenvalue weighted by Crippen LogP contribution is -2.18. The molecule has 2 rings (SSSR count). The number of hydrogen-bond acceptors (Lipinski definition) is 5.